The molecule has 0 fully saturated rings. The molecule has 0 heterocycles. The molecule has 0 radical (unpaired) electrons. The van der Waals surface area contributed by atoms with Gasteiger partial charge in [0.15, 0.2) is 0 Å². The minimum absolute atomic E-state index is 0.00594. The fraction of sp³-hybridized carbons (Fsp3) is 1.00. The number of aliphatic hydroxyl groups excluding tert-OH is 1. The van der Waals surface area contributed by atoms with Gasteiger partial charge in [-0.1, -0.05) is 6.92 Å². The average molecular weight is 231 g/mol. The Hall–Kier alpha value is 0.0600. The number of hydrogen-bond acceptors (Lipinski definition) is 3. The van der Waals surface area contributed by atoms with Gasteiger partial charge in [0.25, 0.3) is 0 Å². The van der Waals surface area contributed by atoms with Crippen LogP contribution in [0.2, 0.25) is 0 Å². The molecule has 6 heteroatoms. The summed E-state index contributed by atoms with van der Waals surface area (Å²) in [4.78, 5) is 0. The van der Waals surface area contributed by atoms with E-state index in [0.29, 0.717) is 6.54 Å². The fourth-order valence-electron chi connectivity index (χ4n) is 0.813. The van der Waals surface area contributed by atoms with Gasteiger partial charge in [-0.2, -0.15) is 13.2 Å². The highest BCUT2D eigenvalue weighted by Crippen LogP contribution is 2.29. The van der Waals surface area contributed by atoms with E-state index in [1.165, 1.54) is 0 Å². The van der Waals surface area contributed by atoms with Crippen LogP contribution in [0.1, 0.15) is 13.8 Å². The van der Waals surface area contributed by atoms with Crippen molar-refractivity contribution in [1.29, 1.82) is 0 Å². The maximum Gasteiger partial charge on any atom is 0.441 e. The monoisotopic (exact) mass is 231 g/mol. The van der Waals surface area contributed by atoms with Crippen molar-refractivity contribution in [1.82, 2.24) is 5.32 Å². The van der Waals surface area contributed by atoms with Crippen LogP contribution in [-0.4, -0.2) is 35.6 Å². The largest absolute Gasteiger partial charge is 0.441 e. The Morgan fingerprint density at radius 1 is 1.36 bits per heavy atom. The zero-order valence-corrected chi connectivity index (χ0v) is 9.08. The van der Waals surface area contributed by atoms with Gasteiger partial charge in [-0.15, -0.1) is 0 Å². The lowest BCUT2D eigenvalue weighted by Crippen LogP contribution is -2.35. The number of rotatable bonds is 6. The number of thioether (sulfide) groups is 1. The van der Waals surface area contributed by atoms with Crippen LogP contribution in [0.5, 0.6) is 0 Å². The molecule has 86 valence electrons. The van der Waals surface area contributed by atoms with E-state index in [9.17, 15) is 13.2 Å². The van der Waals surface area contributed by atoms with Gasteiger partial charge in [-0.3, -0.25) is 0 Å². The molecular weight excluding hydrogens is 215 g/mol. The summed E-state index contributed by atoms with van der Waals surface area (Å²) in [5.41, 5.74) is -4.15. The van der Waals surface area contributed by atoms with Gasteiger partial charge < -0.3 is 10.4 Å². The third-order valence-corrected chi connectivity index (χ3v) is 2.71. The third kappa shape index (κ3) is 7.46. The second-order valence-electron chi connectivity index (χ2n) is 3.20. The van der Waals surface area contributed by atoms with E-state index in [-0.39, 0.29) is 36.1 Å². The summed E-state index contributed by atoms with van der Waals surface area (Å²) >= 11 is -0.0301. The first kappa shape index (κ1) is 14.1. The number of halogens is 3. The molecule has 0 aromatic carbocycles. The van der Waals surface area contributed by atoms with Crippen LogP contribution in [-0.2, 0) is 0 Å². The van der Waals surface area contributed by atoms with Crippen LogP contribution in [0.3, 0.4) is 0 Å². The van der Waals surface area contributed by atoms with E-state index in [1.54, 1.807) is 0 Å². The van der Waals surface area contributed by atoms with Crippen molar-refractivity contribution in [3.8, 4) is 0 Å². The highest BCUT2D eigenvalue weighted by molar-refractivity contribution is 8.00. The molecule has 2 unspecified atom stereocenters. The highest BCUT2D eigenvalue weighted by atomic mass is 32.2. The van der Waals surface area contributed by atoms with Crippen LogP contribution in [0.15, 0.2) is 0 Å². The summed E-state index contributed by atoms with van der Waals surface area (Å²) in [5, 5.41) is 11.7. The van der Waals surface area contributed by atoms with Crippen molar-refractivity contribution in [3.05, 3.63) is 0 Å². The first-order chi connectivity index (χ1) is 6.37. The Kier molecular flexibility index (Phi) is 6.55. The molecule has 0 saturated carbocycles. The van der Waals surface area contributed by atoms with Crippen molar-refractivity contribution >= 4 is 11.8 Å². The lowest BCUT2D eigenvalue weighted by molar-refractivity contribution is -0.0327. The molecule has 2 nitrogen and oxygen atoms in total. The Balaban J connectivity index is 3.45. The van der Waals surface area contributed by atoms with Gasteiger partial charge >= 0.3 is 5.51 Å². The van der Waals surface area contributed by atoms with Gasteiger partial charge in [0, 0.05) is 24.9 Å². The van der Waals surface area contributed by atoms with E-state index in [4.69, 9.17) is 5.11 Å². The quantitative estimate of drug-likeness (QED) is 0.684. The minimum Gasteiger partial charge on any atom is -0.396 e. The number of nitrogens with one attached hydrogen (secondary N) is 1. The first-order valence-electron chi connectivity index (χ1n) is 4.41. The fourth-order valence-corrected chi connectivity index (χ4v) is 1.26. The molecule has 0 amide bonds. The van der Waals surface area contributed by atoms with E-state index >= 15 is 0 Å². The maximum atomic E-state index is 11.7. The Morgan fingerprint density at radius 2 is 1.93 bits per heavy atom. The zero-order chi connectivity index (χ0) is 11.2. The molecule has 0 aliphatic rings. The molecule has 14 heavy (non-hydrogen) atoms. The third-order valence-electron chi connectivity index (χ3n) is 1.98. The second-order valence-corrected chi connectivity index (χ2v) is 4.36. The molecule has 0 saturated heterocycles. The van der Waals surface area contributed by atoms with Crippen molar-refractivity contribution in [2.24, 2.45) is 5.92 Å². The molecule has 0 aromatic rings. The van der Waals surface area contributed by atoms with Gasteiger partial charge in [0.05, 0.1) is 0 Å². The Labute approximate surface area is 86.3 Å². The number of aliphatic hydroxyl groups is 1. The molecule has 0 aromatic heterocycles. The summed E-state index contributed by atoms with van der Waals surface area (Å²) < 4.78 is 35.1. The minimum atomic E-state index is -4.15. The lowest BCUT2D eigenvalue weighted by atomic mass is 10.1. The molecule has 0 rings (SSSR count). The zero-order valence-electron chi connectivity index (χ0n) is 8.27. The van der Waals surface area contributed by atoms with Gasteiger partial charge in [0.2, 0.25) is 0 Å². The van der Waals surface area contributed by atoms with Gasteiger partial charge in [-0.05, 0) is 24.6 Å². The maximum absolute atomic E-state index is 11.7. The number of alkyl halides is 3. The molecule has 2 atom stereocenters. The molecule has 0 spiro atoms. The van der Waals surface area contributed by atoms with Crippen LogP contribution in [0, 0.1) is 5.92 Å². The topological polar surface area (TPSA) is 32.3 Å². The Bertz CT molecular complexity index is 154. The predicted octanol–water partition coefficient (Wildman–Crippen LogP) is 1.85. The molecule has 2 N–H and O–H groups in total. The van der Waals surface area contributed by atoms with Crippen molar-refractivity contribution in [3.63, 3.8) is 0 Å². The Morgan fingerprint density at radius 3 is 2.36 bits per heavy atom. The van der Waals surface area contributed by atoms with Crippen molar-refractivity contribution < 1.29 is 18.3 Å². The van der Waals surface area contributed by atoms with Crippen LogP contribution < -0.4 is 5.32 Å². The van der Waals surface area contributed by atoms with Crippen molar-refractivity contribution in [2.45, 2.75) is 25.4 Å². The van der Waals surface area contributed by atoms with E-state index in [0.717, 1.165) is 0 Å². The summed E-state index contributed by atoms with van der Waals surface area (Å²) in [7, 11) is 0. The van der Waals surface area contributed by atoms with Crippen LogP contribution in [0.4, 0.5) is 13.2 Å². The SMILES string of the molecule is CC(CO)C(C)NCCSC(F)(F)F. The smallest absolute Gasteiger partial charge is 0.396 e. The average Bonchev–Trinajstić information content (AvgIpc) is 2.09. The molecule has 0 aliphatic heterocycles. The molecule has 0 bridgehead atoms. The highest BCUT2D eigenvalue weighted by Gasteiger charge is 2.27. The summed E-state index contributed by atoms with van der Waals surface area (Å²) in [5.74, 6) is 0.0669. The van der Waals surface area contributed by atoms with E-state index in [2.05, 4.69) is 5.32 Å². The normalized spacial score (nSPS) is 16.7. The standard InChI is InChI=1S/C8H16F3NOS/c1-6(5-13)7(2)12-3-4-14-8(9,10)11/h6-7,12-13H,3-5H2,1-2H3. The second kappa shape index (κ2) is 6.53. The summed E-state index contributed by atoms with van der Waals surface area (Å²) in [6.07, 6.45) is 0. The van der Waals surface area contributed by atoms with Gasteiger partial charge in [0.1, 0.15) is 0 Å². The molecule has 0 aliphatic carbocycles. The van der Waals surface area contributed by atoms with Gasteiger partial charge in [-0.25, -0.2) is 0 Å². The number of hydrogen-bond donors (Lipinski definition) is 2. The van der Waals surface area contributed by atoms with Crippen LogP contribution >= 0.6 is 11.8 Å². The van der Waals surface area contributed by atoms with Crippen molar-refractivity contribution in [2.75, 3.05) is 18.9 Å². The predicted molar refractivity (Wildman–Crippen MR) is 52.2 cm³/mol. The van der Waals surface area contributed by atoms with E-state index < -0.39 is 5.51 Å². The summed E-state index contributed by atoms with van der Waals surface area (Å²) in [6.45, 7) is 4.03. The van der Waals surface area contributed by atoms with E-state index in [1.807, 2.05) is 13.8 Å². The molecular formula is C8H16F3NOS. The first-order valence-corrected chi connectivity index (χ1v) is 5.40. The summed E-state index contributed by atoms with van der Waals surface area (Å²) in [6, 6.07) is 0.0360. The lowest BCUT2D eigenvalue weighted by Gasteiger charge is -2.19. The van der Waals surface area contributed by atoms with Crippen LogP contribution in [0.25, 0.3) is 0 Å².